The molecule has 0 bridgehead atoms. The van der Waals surface area contributed by atoms with Gasteiger partial charge in [0.1, 0.15) is 0 Å². The molecule has 2 rings (SSSR count). The summed E-state index contributed by atoms with van der Waals surface area (Å²) < 4.78 is 28.4. The lowest BCUT2D eigenvalue weighted by Crippen LogP contribution is -2.15. The summed E-state index contributed by atoms with van der Waals surface area (Å²) in [6.45, 7) is 3.14. The minimum Gasteiger partial charge on any atom is -0.478 e. The molecule has 2 N–H and O–H groups in total. The zero-order chi connectivity index (χ0) is 16.7. The van der Waals surface area contributed by atoms with Crippen LogP contribution in [0.1, 0.15) is 21.6 Å². The van der Waals surface area contributed by atoms with Crippen molar-refractivity contribution in [2.75, 3.05) is 4.72 Å². The summed E-state index contributed by atoms with van der Waals surface area (Å²) in [5, 5.41) is 16.6. The average Bonchev–Trinajstić information content (AvgIpc) is 2.72. The molecule has 0 radical (unpaired) electrons. The van der Waals surface area contributed by atoms with Crippen molar-refractivity contribution >= 4 is 33.4 Å². The minimum absolute atomic E-state index is 0.0520. The van der Waals surface area contributed by atoms with Crippen molar-refractivity contribution in [1.82, 2.24) is 15.0 Å². The van der Waals surface area contributed by atoms with E-state index in [0.29, 0.717) is 11.3 Å². The highest BCUT2D eigenvalue weighted by Gasteiger charge is 2.22. The van der Waals surface area contributed by atoms with Crippen molar-refractivity contribution in [2.45, 2.75) is 18.7 Å². The van der Waals surface area contributed by atoms with Crippen LogP contribution in [0.3, 0.4) is 0 Å². The molecular weight excluding hydrogens is 332 g/mol. The molecule has 8 nitrogen and oxygen atoms in total. The first-order chi connectivity index (χ1) is 10.1. The van der Waals surface area contributed by atoms with Gasteiger partial charge in [-0.05, 0) is 31.5 Å². The predicted octanol–water partition coefficient (Wildman–Crippen LogP) is 1.58. The molecule has 0 unspecified atom stereocenters. The van der Waals surface area contributed by atoms with Gasteiger partial charge in [-0.3, -0.25) is 9.40 Å². The molecule has 22 heavy (non-hydrogen) atoms. The SMILES string of the molecule is Cc1c(Cl)cc(S(=O)(=O)Nc2nnn(C)c2C)cc1C(=O)O. The first kappa shape index (κ1) is 16.2. The third-order valence-electron chi connectivity index (χ3n) is 3.20. The number of rotatable bonds is 4. The minimum atomic E-state index is -4.03. The van der Waals surface area contributed by atoms with Crippen LogP contribution < -0.4 is 4.72 Å². The Morgan fingerprint density at radius 2 is 2.00 bits per heavy atom. The zero-order valence-electron chi connectivity index (χ0n) is 12.0. The number of carboxylic acids is 1. The highest BCUT2D eigenvalue weighted by molar-refractivity contribution is 7.92. The van der Waals surface area contributed by atoms with Crippen LogP contribution in [0.15, 0.2) is 17.0 Å². The maximum atomic E-state index is 12.4. The number of aromatic carboxylic acids is 1. The van der Waals surface area contributed by atoms with E-state index in [0.717, 1.165) is 6.07 Å². The third kappa shape index (κ3) is 2.90. The maximum absolute atomic E-state index is 12.4. The Morgan fingerprint density at radius 1 is 1.36 bits per heavy atom. The fraction of sp³-hybridized carbons (Fsp3) is 0.250. The molecule has 0 aliphatic rings. The van der Waals surface area contributed by atoms with E-state index in [1.54, 1.807) is 14.0 Å². The van der Waals surface area contributed by atoms with E-state index >= 15 is 0 Å². The van der Waals surface area contributed by atoms with Crippen LogP contribution >= 0.6 is 11.6 Å². The summed E-state index contributed by atoms with van der Waals surface area (Å²) in [4.78, 5) is 10.9. The van der Waals surface area contributed by atoms with Gasteiger partial charge in [0.25, 0.3) is 10.0 Å². The van der Waals surface area contributed by atoms with E-state index in [9.17, 15) is 13.2 Å². The highest BCUT2D eigenvalue weighted by Crippen LogP contribution is 2.26. The molecule has 0 amide bonds. The molecule has 0 saturated heterocycles. The summed E-state index contributed by atoms with van der Waals surface area (Å²) in [6.07, 6.45) is 0. The summed E-state index contributed by atoms with van der Waals surface area (Å²) >= 11 is 5.92. The van der Waals surface area contributed by atoms with Crippen molar-refractivity contribution in [3.63, 3.8) is 0 Å². The van der Waals surface area contributed by atoms with E-state index in [1.165, 1.54) is 17.7 Å². The van der Waals surface area contributed by atoms with Crippen LogP contribution in [0.2, 0.25) is 5.02 Å². The number of aromatic nitrogens is 3. The average molecular weight is 345 g/mol. The molecule has 2 aromatic rings. The number of nitrogens with one attached hydrogen (secondary N) is 1. The van der Waals surface area contributed by atoms with Crippen molar-refractivity contribution < 1.29 is 18.3 Å². The molecule has 0 atom stereocenters. The van der Waals surface area contributed by atoms with Crippen molar-refractivity contribution in [3.8, 4) is 0 Å². The molecule has 0 spiro atoms. The van der Waals surface area contributed by atoms with Gasteiger partial charge in [0.15, 0.2) is 5.82 Å². The lowest BCUT2D eigenvalue weighted by atomic mass is 10.1. The molecule has 0 aliphatic heterocycles. The van der Waals surface area contributed by atoms with Gasteiger partial charge in [0, 0.05) is 12.1 Å². The van der Waals surface area contributed by atoms with Gasteiger partial charge in [-0.15, -0.1) is 5.10 Å². The summed E-state index contributed by atoms with van der Waals surface area (Å²) in [6, 6.07) is 2.24. The van der Waals surface area contributed by atoms with Crippen LogP contribution in [0.25, 0.3) is 0 Å². The second kappa shape index (κ2) is 5.58. The Balaban J connectivity index is 2.50. The number of anilines is 1. The number of carboxylic acid groups (broad SMARTS) is 1. The van der Waals surface area contributed by atoms with E-state index in [4.69, 9.17) is 16.7 Å². The number of nitrogens with zero attached hydrogens (tertiary/aromatic N) is 3. The molecule has 0 aliphatic carbocycles. The number of halogens is 1. The van der Waals surface area contributed by atoms with Gasteiger partial charge < -0.3 is 5.11 Å². The first-order valence-electron chi connectivity index (χ1n) is 6.06. The van der Waals surface area contributed by atoms with Crippen molar-refractivity contribution in [2.24, 2.45) is 7.05 Å². The fourth-order valence-corrected chi connectivity index (χ4v) is 3.11. The normalized spacial score (nSPS) is 11.5. The number of sulfonamides is 1. The molecule has 0 fully saturated rings. The zero-order valence-corrected chi connectivity index (χ0v) is 13.5. The number of hydrogen-bond acceptors (Lipinski definition) is 5. The number of hydrogen-bond donors (Lipinski definition) is 2. The van der Waals surface area contributed by atoms with Crippen molar-refractivity contribution in [1.29, 1.82) is 0 Å². The quantitative estimate of drug-likeness (QED) is 0.870. The van der Waals surface area contributed by atoms with Gasteiger partial charge in [0.05, 0.1) is 16.2 Å². The highest BCUT2D eigenvalue weighted by atomic mass is 35.5. The smallest absolute Gasteiger partial charge is 0.336 e. The molecule has 10 heteroatoms. The number of aryl methyl sites for hydroxylation is 1. The lowest BCUT2D eigenvalue weighted by molar-refractivity contribution is 0.0696. The standard InChI is InChI=1S/C12H13ClN4O4S/c1-6-9(12(18)19)4-8(5-10(6)13)22(20,21)15-11-7(2)17(3)16-14-11/h4-5,15H,1-3H3,(H,18,19). The third-order valence-corrected chi connectivity index (χ3v) is 4.91. The van der Waals surface area contributed by atoms with Crippen LogP contribution in [0.5, 0.6) is 0 Å². The number of carbonyl (C=O) groups is 1. The fourth-order valence-electron chi connectivity index (χ4n) is 1.72. The summed E-state index contributed by atoms with van der Waals surface area (Å²) in [7, 11) is -2.41. The van der Waals surface area contributed by atoms with Gasteiger partial charge in [-0.1, -0.05) is 16.8 Å². The van der Waals surface area contributed by atoms with Crippen LogP contribution in [0, 0.1) is 13.8 Å². The Kier molecular flexibility index (Phi) is 4.12. The van der Waals surface area contributed by atoms with Gasteiger partial charge in [-0.2, -0.15) is 0 Å². The predicted molar refractivity (Wildman–Crippen MR) is 79.7 cm³/mol. The van der Waals surface area contributed by atoms with E-state index in [1.807, 2.05) is 0 Å². The molecule has 1 heterocycles. The monoisotopic (exact) mass is 344 g/mol. The van der Waals surface area contributed by atoms with E-state index in [2.05, 4.69) is 15.0 Å². The molecule has 0 saturated carbocycles. The Hall–Kier alpha value is -2.13. The summed E-state index contributed by atoms with van der Waals surface area (Å²) in [5.41, 5.74) is 0.632. The maximum Gasteiger partial charge on any atom is 0.336 e. The lowest BCUT2D eigenvalue weighted by Gasteiger charge is -2.10. The molecule has 1 aromatic heterocycles. The Morgan fingerprint density at radius 3 is 2.50 bits per heavy atom. The summed E-state index contributed by atoms with van der Waals surface area (Å²) in [5.74, 6) is -1.19. The van der Waals surface area contributed by atoms with Crippen LogP contribution in [-0.2, 0) is 17.1 Å². The van der Waals surface area contributed by atoms with Gasteiger partial charge >= 0.3 is 5.97 Å². The molecular formula is C12H13ClN4O4S. The van der Waals surface area contributed by atoms with Gasteiger partial charge in [0.2, 0.25) is 0 Å². The second-order valence-corrected chi connectivity index (χ2v) is 6.72. The first-order valence-corrected chi connectivity index (χ1v) is 7.92. The Labute approximate surface area is 131 Å². The topological polar surface area (TPSA) is 114 Å². The molecule has 1 aromatic carbocycles. The number of benzene rings is 1. The van der Waals surface area contributed by atoms with Gasteiger partial charge in [-0.25, -0.2) is 13.2 Å². The largest absolute Gasteiger partial charge is 0.478 e. The van der Waals surface area contributed by atoms with E-state index in [-0.39, 0.29) is 21.3 Å². The van der Waals surface area contributed by atoms with Crippen molar-refractivity contribution in [3.05, 3.63) is 34.0 Å². The molecule has 118 valence electrons. The van der Waals surface area contributed by atoms with E-state index < -0.39 is 16.0 Å². The van der Waals surface area contributed by atoms with Crippen LogP contribution in [-0.4, -0.2) is 34.5 Å². The van der Waals surface area contributed by atoms with Crippen LogP contribution in [0.4, 0.5) is 5.82 Å². The second-order valence-electron chi connectivity index (χ2n) is 4.64. The Bertz CT molecular complexity index is 860.